The summed E-state index contributed by atoms with van der Waals surface area (Å²) in [6, 6.07) is 0.700. The predicted octanol–water partition coefficient (Wildman–Crippen LogP) is 0.944. The third kappa shape index (κ3) is 2.91. The largest absolute Gasteiger partial charge is 0.481 e. The highest BCUT2D eigenvalue weighted by atomic mass is 16.4. The van der Waals surface area contributed by atoms with Gasteiger partial charge in [-0.2, -0.15) is 0 Å². The van der Waals surface area contributed by atoms with E-state index in [4.69, 9.17) is 5.11 Å². The van der Waals surface area contributed by atoms with Crippen molar-refractivity contribution in [3.8, 4) is 0 Å². The van der Waals surface area contributed by atoms with Crippen molar-refractivity contribution in [2.75, 3.05) is 19.6 Å². The zero-order valence-corrected chi connectivity index (χ0v) is 12.0. The van der Waals surface area contributed by atoms with Gasteiger partial charge in [0.2, 0.25) is 5.91 Å². The molecule has 19 heavy (non-hydrogen) atoms. The summed E-state index contributed by atoms with van der Waals surface area (Å²) in [5.74, 6) is -1.87. The van der Waals surface area contributed by atoms with Gasteiger partial charge in [-0.05, 0) is 24.8 Å². The molecule has 2 saturated carbocycles. The summed E-state index contributed by atoms with van der Waals surface area (Å²) in [6.45, 7) is 8.30. The number of carboxylic acid groups (broad SMARTS) is 1. The molecular weight excluding hydrogens is 244 g/mol. The van der Waals surface area contributed by atoms with E-state index < -0.39 is 17.3 Å². The van der Waals surface area contributed by atoms with Crippen LogP contribution in [0.5, 0.6) is 0 Å². The van der Waals surface area contributed by atoms with E-state index in [1.54, 1.807) is 0 Å². The van der Waals surface area contributed by atoms with Gasteiger partial charge in [-0.3, -0.25) is 14.5 Å². The number of carboxylic acids is 1. The molecule has 0 spiro atoms. The van der Waals surface area contributed by atoms with Gasteiger partial charge in [0.25, 0.3) is 0 Å². The summed E-state index contributed by atoms with van der Waals surface area (Å²) >= 11 is 0. The maximum Gasteiger partial charge on any atom is 0.307 e. The molecule has 0 aromatic carbocycles. The molecule has 0 saturated heterocycles. The van der Waals surface area contributed by atoms with Gasteiger partial charge in [0, 0.05) is 19.1 Å². The van der Waals surface area contributed by atoms with Gasteiger partial charge in [-0.1, -0.05) is 20.8 Å². The van der Waals surface area contributed by atoms with Gasteiger partial charge in [0.1, 0.15) is 0 Å². The second-order valence-corrected chi connectivity index (χ2v) is 6.27. The van der Waals surface area contributed by atoms with Gasteiger partial charge >= 0.3 is 5.97 Å². The summed E-state index contributed by atoms with van der Waals surface area (Å²) in [5.41, 5.74) is -0.406. The molecule has 0 aromatic rings. The van der Waals surface area contributed by atoms with Gasteiger partial charge in [-0.25, -0.2) is 0 Å². The van der Waals surface area contributed by atoms with Crippen molar-refractivity contribution in [1.82, 2.24) is 10.2 Å². The number of carbonyl (C=O) groups excluding carboxylic acids is 1. The molecule has 0 radical (unpaired) electrons. The molecular formula is C14H24N2O3. The summed E-state index contributed by atoms with van der Waals surface area (Å²) in [6.07, 6.45) is 2.52. The molecule has 2 aliphatic carbocycles. The molecule has 108 valence electrons. The van der Waals surface area contributed by atoms with E-state index in [9.17, 15) is 9.59 Å². The van der Waals surface area contributed by atoms with Crippen LogP contribution in [0.2, 0.25) is 0 Å². The van der Waals surface area contributed by atoms with Gasteiger partial charge in [0.15, 0.2) is 0 Å². The van der Waals surface area contributed by atoms with Crippen LogP contribution in [0.25, 0.3) is 0 Å². The smallest absolute Gasteiger partial charge is 0.307 e. The second kappa shape index (κ2) is 5.12. The van der Waals surface area contributed by atoms with Crippen molar-refractivity contribution in [1.29, 1.82) is 0 Å². The number of hydrogen-bond acceptors (Lipinski definition) is 3. The van der Waals surface area contributed by atoms with Crippen LogP contribution in [0.15, 0.2) is 0 Å². The molecule has 0 heterocycles. The van der Waals surface area contributed by atoms with Crippen molar-refractivity contribution in [3.05, 3.63) is 0 Å². The minimum atomic E-state index is -0.863. The number of rotatable bonds is 7. The Bertz CT molecular complexity index is 377. The van der Waals surface area contributed by atoms with Crippen LogP contribution >= 0.6 is 0 Å². The molecule has 5 heteroatoms. The second-order valence-electron chi connectivity index (χ2n) is 6.27. The minimum Gasteiger partial charge on any atom is -0.481 e. The minimum absolute atomic E-state index is 0.107. The van der Waals surface area contributed by atoms with Crippen molar-refractivity contribution in [2.45, 2.75) is 39.7 Å². The molecule has 0 aliphatic heterocycles. The fourth-order valence-electron chi connectivity index (χ4n) is 3.06. The Labute approximate surface area is 114 Å². The standard InChI is InChI=1S/C14H24N2O3/c1-4-16(9-5-6-9)8-7-15-12(17)10-11(13(18)19)14(10,2)3/h9-11H,4-8H2,1-3H3,(H,15,17)(H,18,19). The Kier molecular flexibility index (Phi) is 3.85. The Balaban J connectivity index is 1.74. The van der Waals surface area contributed by atoms with Gasteiger partial charge in [-0.15, -0.1) is 0 Å². The highest BCUT2D eigenvalue weighted by Crippen LogP contribution is 2.58. The average Bonchev–Trinajstić information content (AvgIpc) is 3.20. The van der Waals surface area contributed by atoms with E-state index in [1.165, 1.54) is 12.8 Å². The molecule has 5 nitrogen and oxygen atoms in total. The normalized spacial score (nSPS) is 28.2. The third-order valence-electron chi connectivity index (χ3n) is 4.54. The maximum absolute atomic E-state index is 12.0. The lowest BCUT2D eigenvalue weighted by molar-refractivity contribution is -0.140. The van der Waals surface area contributed by atoms with Crippen molar-refractivity contribution in [2.24, 2.45) is 17.3 Å². The molecule has 0 bridgehead atoms. The number of amides is 1. The van der Waals surface area contributed by atoms with Crippen LogP contribution in [-0.2, 0) is 9.59 Å². The Morgan fingerprint density at radius 1 is 1.32 bits per heavy atom. The molecule has 2 unspecified atom stereocenters. The maximum atomic E-state index is 12.0. The number of nitrogens with zero attached hydrogens (tertiary/aromatic N) is 1. The van der Waals surface area contributed by atoms with Gasteiger partial charge in [0.05, 0.1) is 11.8 Å². The van der Waals surface area contributed by atoms with Crippen molar-refractivity contribution >= 4 is 11.9 Å². The molecule has 2 fully saturated rings. The predicted molar refractivity (Wildman–Crippen MR) is 71.7 cm³/mol. The summed E-state index contributed by atoms with van der Waals surface area (Å²) in [4.78, 5) is 25.4. The average molecular weight is 268 g/mol. The van der Waals surface area contributed by atoms with Crippen LogP contribution < -0.4 is 5.32 Å². The van der Waals surface area contributed by atoms with E-state index in [0.29, 0.717) is 12.6 Å². The number of nitrogens with one attached hydrogen (secondary N) is 1. The van der Waals surface area contributed by atoms with Crippen LogP contribution in [0, 0.1) is 17.3 Å². The highest BCUT2D eigenvalue weighted by Gasteiger charge is 2.65. The molecule has 0 aromatic heterocycles. The SMILES string of the molecule is CCN(CCNC(=O)C1C(C(=O)O)C1(C)C)C1CC1. The Morgan fingerprint density at radius 3 is 2.37 bits per heavy atom. The Hall–Kier alpha value is -1.10. The lowest BCUT2D eigenvalue weighted by atomic mass is 10.1. The first-order valence-electron chi connectivity index (χ1n) is 7.14. The quantitative estimate of drug-likeness (QED) is 0.721. The lowest BCUT2D eigenvalue weighted by Gasteiger charge is -2.19. The summed E-state index contributed by atoms with van der Waals surface area (Å²) in [7, 11) is 0. The fourth-order valence-corrected chi connectivity index (χ4v) is 3.06. The van der Waals surface area contributed by atoms with E-state index in [-0.39, 0.29) is 11.8 Å². The molecule has 2 atom stereocenters. The van der Waals surface area contributed by atoms with E-state index >= 15 is 0 Å². The van der Waals surface area contributed by atoms with Crippen LogP contribution in [0.1, 0.15) is 33.6 Å². The molecule has 1 amide bonds. The third-order valence-corrected chi connectivity index (χ3v) is 4.54. The zero-order chi connectivity index (χ0) is 14.2. The lowest BCUT2D eigenvalue weighted by Crippen LogP contribution is -2.37. The first-order valence-corrected chi connectivity index (χ1v) is 7.14. The van der Waals surface area contributed by atoms with Crippen LogP contribution in [0.3, 0.4) is 0 Å². The fraction of sp³-hybridized carbons (Fsp3) is 0.857. The van der Waals surface area contributed by atoms with Crippen molar-refractivity contribution in [3.63, 3.8) is 0 Å². The number of carbonyl (C=O) groups is 2. The summed E-state index contributed by atoms with van der Waals surface area (Å²) < 4.78 is 0. The monoisotopic (exact) mass is 268 g/mol. The summed E-state index contributed by atoms with van der Waals surface area (Å²) in [5, 5.41) is 11.9. The van der Waals surface area contributed by atoms with Crippen molar-refractivity contribution < 1.29 is 14.7 Å². The van der Waals surface area contributed by atoms with E-state index in [0.717, 1.165) is 13.1 Å². The first-order chi connectivity index (χ1) is 8.89. The number of hydrogen-bond donors (Lipinski definition) is 2. The molecule has 2 aliphatic rings. The Morgan fingerprint density at radius 2 is 1.95 bits per heavy atom. The molecule has 2 rings (SSSR count). The highest BCUT2D eigenvalue weighted by molar-refractivity contribution is 5.91. The van der Waals surface area contributed by atoms with E-state index in [2.05, 4.69) is 17.1 Å². The van der Waals surface area contributed by atoms with Crippen LogP contribution in [-0.4, -0.2) is 47.6 Å². The number of likely N-dealkylation sites (N-methyl/N-ethyl adjacent to an activating group) is 1. The molecule has 2 N–H and O–H groups in total. The zero-order valence-electron chi connectivity index (χ0n) is 12.0. The topological polar surface area (TPSA) is 69.6 Å². The number of aliphatic carboxylic acids is 1. The first kappa shape index (κ1) is 14.3. The van der Waals surface area contributed by atoms with Crippen LogP contribution in [0.4, 0.5) is 0 Å². The van der Waals surface area contributed by atoms with E-state index in [1.807, 2.05) is 13.8 Å². The van der Waals surface area contributed by atoms with Gasteiger partial charge < -0.3 is 10.4 Å².